The Kier molecular flexibility index (Phi) is 43.8. The molecule has 12 atom stereocenters. The van der Waals surface area contributed by atoms with Gasteiger partial charge in [0, 0.05) is 18.5 Å². The highest BCUT2D eigenvalue weighted by molar-refractivity contribution is 6.09. The normalized spacial score (nSPS) is 16.0. The number of aliphatic hydroxyl groups is 3. The van der Waals surface area contributed by atoms with Gasteiger partial charge in [0.15, 0.2) is 5.78 Å². The number of rotatable bonds is 47. The number of amides is 14. The molecule has 0 fully saturated rings. The molecule has 0 aliphatic carbocycles. The molecule has 0 aliphatic rings. The zero-order valence-electron chi connectivity index (χ0n) is 75.3. The predicted molar refractivity (Wildman–Crippen MR) is 444 cm³/mol. The summed E-state index contributed by atoms with van der Waals surface area (Å²) in [6, 6.07) is -12.6. The maximum Gasteiger partial charge on any atom is 0.268 e. The molecule has 33 nitrogen and oxygen atoms in total. The van der Waals surface area contributed by atoms with Crippen LogP contribution in [0.4, 0.5) is 0 Å². The van der Waals surface area contributed by atoms with Crippen molar-refractivity contribution in [3.05, 3.63) is 45.1 Å². The fourth-order valence-electron chi connectivity index (χ4n) is 11.9. The predicted octanol–water partition coefficient (Wildman–Crippen LogP) is 3.51. The zero-order valence-corrected chi connectivity index (χ0v) is 75.3. The molecule has 0 radical (unpaired) electrons. The van der Waals surface area contributed by atoms with Crippen molar-refractivity contribution in [3.8, 4) is 0 Å². The summed E-state index contributed by atoms with van der Waals surface area (Å²) in [5, 5.41) is 70.8. The van der Waals surface area contributed by atoms with Crippen LogP contribution in [0.15, 0.2) is 45.1 Å². The van der Waals surface area contributed by atoms with Gasteiger partial charge in [-0.2, -0.15) is 0 Å². The molecular formula is C83H145N15O18. The van der Waals surface area contributed by atoms with Crippen molar-refractivity contribution in [1.29, 1.82) is 0 Å². The minimum absolute atomic E-state index is 0.0137. The van der Waals surface area contributed by atoms with E-state index in [1.165, 1.54) is 69.2 Å². The number of likely N-dealkylation sites (N-methyl/N-ethyl adjacent to an activating group) is 1. The second-order valence-corrected chi connectivity index (χ2v) is 34.7. The van der Waals surface area contributed by atoms with E-state index >= 15 is 0 Å². The van der Waals surface area contributed by atoms with Crippen molar-refractivity contribution < 1.29 is 87.2 Å². The molecule has 0 aromatic heterocycles. The molecule has 0 saturated carbocycles. The summed E-state index contributed by atoms with van der Waals surface area (Å²) >= 11 is 0. The third-order valence-corrected chi connectivity index (χ3v) is 20.5. The number of carbonyl (C=O) groups is 15. The Balaban J connectivity index is 6.87. The number of hydrogen-bond donors (Lipinski definition) is 17. The average molecular weight is 1640 g/mol. The first-order chi connectivity index (χ1) is 53.1. The molecule has 17 N–H and O–H groups in total. The van der Waals surface area contributed by atoms with Crippen LogP contribution >= 0.6 is 0 Å². The second-order valence-electron chi connectivity index (χ2n) is 34.7. The molecule has 0 spiro atoms. The van der Waals surface area contributed by atoms with Gasteiger partial charge in [-0.05, 0) is 194 Å². The zero-order chi connectivity index (χ0) is 90.7. The van der Waals surface area contributed by atoms with Crippen molar-refractivity contribution in [2.24, 2.45) is 46.8 Å². The van der Waals surface area contributed by atoms with Crippen LogP contribution < -0.4 is 74.4 Å². The summed E-state index contributed by atoms with van der Waals surface area (Å²) in [4.78, 5) is 213. The number of nitrogens with zero attached hydrogens (tertiary/aromatic N) is 1. The summed E-state index contributed by atoms with van der Waals surface area (Å²) in [6.07, 6.45) is 1.26. The third kappa shape index (κ3) is 33.2. The largest absolute Gasteiger partial charge is 0.388 e. The van der Waals surface area contributed by atoms with Crippen LogP contribution in [0, 0.1) is 46.8 Å². The van der Waals surface area contributed by atoms with E-state index in [1.807, 2.05) is 46.7 Å². The number of hydrogen-bond acceptors (Lipinski definition) is 19. The molecule has 0 saturated heterocycles. The van der Waals surface area contributed by atoms with Gasteiger partial charge >= 0.3 is 0 Å². The van der Waals surface area contributed by atoms with Crippen LogP contribution in [-0.2, 0) is 71.9 Å². The van der Waals surface area contributed by atoms with Crippen molar-refractivity contribution in [2.75, 3.05) is 27.2 Å². The standard InChI is InChI=1S/C83H145N15O18/c1-33-47(18)59(93-78(112)65(83(30,116)37-5)97-79(113)80(24,25)66(100)51(22)38-41(6)7)68(102)84-39-54(99)87-60(48(19)34-2)74(108)91-58(46(16)17)72(106)92-62(50(21)36-4)75(109)95-64(82(28,29)115)77(111)96-63(81(26,27)114)76(110)94-61(49(20)35-3)73(107)85-52(23)67(101)88-56(44(12)13)70(104)90-57(45(14)15)71(105)89-55(43(10)11)69(103)86-53(42(8)9)40-98(31)32/h41-42,44-46,50-53,56-58,62-65,114-116H,33-40H2,1-32H3,(H,84,102)(H,85,107)(H,86,103)(H,87,99)(H,88,101)(H,89,105)(H,90,104)(H,91,108)(H,92,106)(H,93,112)(H,94,110)(H,95,109)(H,96,111)(H,97,113). The maximum absolute atomic E-state index is 14.6. The first kappa shape index (κ1) is 107. The van der Waals surface area contributed by atoms with Gasteiger partial charge in [-0.3, -0.25) is 71.9 Å². The highest BCUT2D eigenvalue weighted by Gasteiger charge is 2.47. The molecule has 33 heteroatoms. The van der Waals surface area contributed by atoms with Crippen molar-refractivity contribution in [2.45, 2.75) is 317 Å². The first-order valence-electron chi connectivity index (χ1n) is 40.5. The minimum Gasteiger partial charge on any atom is -0.388 e. The van der Waals surface area contributed by atoms with E-state index in [9.17, 15) is 87.2 Å². The molecule has 0 rings (SSSR count). The summed E-state index contributed by atoms with van der Waals surface area (Å²) in [7, 11) is 3.75. The molecule has 0 aromatic carbocycles. The third-order valence-electron chi connectivity index (χ3n) is 20.5. The smallest absolute Gasteiger partial charge is 0.268 e. The van der Waals surface area contributed by atoms with Gasteiger partial charge in [0.2, 0.25) is 59.1 Å². The molecular weight excluding hydrogens is 1490 g/mol. The van der Waals surface area contributed by atoms with Crippen LogP contribution in [0.2, 0.25) is 0 Å². The van der Waals surface area contributed by atoms with Crippen molar-refractivity contribution >= 4 is 88.5 Å². The fraction of sp³-hybridized carbons (Fsp3) is 0.723. The van der Waals surface area contributed by atoms with Crippen molar-refractivity contribution in [3.63, 3.8) is 0 Å². The van der Waals surface area contributed by atoms with Gasteiger partial charge < -0.3 is 94.7 Å². The lowest BCUT2D eigenvalue weighted by molar-refractivity contribution is -0.147. The topological polar surface area (TPSA) is 488 Å². The molecule has 0 aliphatic heterocycles. The highest BCUT2D eigenvalue weighted by atomic mass is 16.3. The lowest BCUT2D eigenvalue weighted by Crippen LogP contribution is -2.66. The summed E-state index contributed by atoms with van der Waals surface area (Å²) in [5.41, 5.74) is -7.34. The highest BCUT2D eigenvalue weighted by Crippen LogP contribution is 2.28. The monoisotopic (exact) mass is 1640 g/mol. The molecule has 12 unspecified atom stereocenters. The number of allylic oxidation sites excluding steroid dienone is 4. The van der Waals surface area contributed by atoms with Crippen molar-refractivity contribution in [1.82, 2.24) is 79.3 Å². The van der Waals surface area contributed by atoms with E-state index in [1.54, 1.807) is 111 Å². The Morgan fingerprint density at radius 3 is 1.18 bits per heavy atom. The number of carbonyl (C=O) groups excluding carboxylic acids is 15. The number of ketones is 1. The lowest BCUT2D eigenvalue weighted by atomic mass is 9.78. The molecule has 14 amide bonds. The quantitative estimate of drug-likeness (QED) is 0.0306. The Morgan fingerprint density at radius 1 is 0.388 bits per heavy atom. The Labute approximate surface area is 688 Å². The van der Waals surface area contributed by atoms with E-state index in [2.05, 4.69) is 74.4 Å². The molecule has 0 aromatic rings. The van der Waals surface area contributed by atoms with Gasteiger partial charge in [-0.15, -0.1) is 0 Å². The molecule has 116 heavy (non-hydrogen) atoms. The fourth-order valence-corrected chi connectivity index (χ4v) is 11.9. The molecule has 0 heterocycles. The Morgan fingerprint density at radius 2 is 0.767 bits per heavy atom. The Hall–Kier alpha value is -8.95. The SMILES string of the molecule is CCC(C)=C(NC(=O)CNC(=O)C(NC(=O)C(NC(=O)C(C)(C)C(=O)C(C)CC(C)C)C(C)(O)CC)=C(C)CC)C(=O)NC(C(=O)NC(C(=O)NC(C(=O)NC(C(=O)NC(C(=O)NC(C)C(=O)NC(C(=O)NC(C(=O)NC(C(=O)NC(CN(C)C)C(C)C)=C(C)C)C(C)C)C(C)C)=C(C)CC)C(C)(C)O)C(C)(C)O)C(C)CC)C(C)C. The van der Waals surface area contributed by atoms with Gasteiger partial charge in [-0.25, -0.2) is 0 Å². The van der Waals surface area contributed by atoms with E-state index < -0.39 is 189 Å². The van der Waals surface area contributed by atoms with E-state index in [4.69, 9.17) is 0 Å². The maximum atomic E-state index is 14.6. The van der Waals surface area contributed by atoms with Gasteiger partial charge in [0.1, 0.15) is 76.5 Å². The Bertz CT molecular complexity index is 3630. The van der Waals surface area contributed by atoms with Gasteiger partial charge in [-0.1, -0.05) is 124 Å². The summed E-state index contributed by atoms with van der Waals surface area (Å²) in [5.74, 6) is -15.9. The van der Waals surface area contributed by atoms with Crippen LogP contribution in [0.5, 0.6) is 0 Å². The van der Waals surface area contributed by atoms with Crippen LogP contribution in [-0.4, -0.2) is 207 Å². The van der Waals surface area contributed by atoms with Crippen LogP contribution in [0.1, 0.15) is 246 Å². The summed E-state index contributed by atoms with van der Waals surface area (Å²) in [6.45, 7) is 47.2. The van der Waals surface area contributed by atoms with E-state index in [0.717, 1.165) is 0 Å². The van der Waals surface area contributed by atoms with E-state index in [-0.39, 0.29) is 84.1 Å². The van der Waals surface area contributed by atoms with Gasteiger partial charge in [0.05, 0.1) is 23.3 Å². The average Bonchev–Trinajstić information content (AvgIpc) is 0.805. The lowest BCUT2D eigenvalue weighted by Gasteiger charge is -2.35. The number of Topliss-reactive ketones (excluding diaryl/α,β-unsaturated/α-hetero) is 1. The van der Waals surface area contributed by atoms with E-state index in [0.29, 0.717) is 29.7 Å². The first-order valence-corrected chi connectivity index (χ1v) is 40.5. The molecule has 0 bridgehead atoms. The van der Waals surface area contributed by atoms with Gasteiger partial charge in [0.25, 0.3) is 23.6 Å². The minimum atomic E-state index is -2.15. The van der Waals surface area contributed by atoms with Crippen LogP contribution in [0.3, 0.4) is 0 Å². The second kappa shape index (κ2) is 47.4. The van der Waals surface area contributed by atoms with Crippen LogP contribution in [0.25, 0.3) is 0 Å². The number of nitrogens with one attached hydrogen (secondary N) is 14. The summed E-state index contributed by atoms with van der Waals surface area (Å²) < 4.78 is 0. The molecule has 660 valence electrons.